The monoisotopic (exact) mass is 205 g/mol. The van der Waals surface area contributed by atoms with E-state index in [0.717, 1.165) is 25.8 Å². The predicted molar refractivity (Wildman–Crippen MR) is 57.0 cm³/mol. The molecule has 1 amide bonds. The summed E-state index contributed by atoms with van der Waals surface area (Å²) < 4.78 is 0. The van der Waals surface area contributed by atoms with Crippen LogP contribution in [0.4, 0.5) is 0 Å². The molecule has 1 atom stereocenters. The average Bonchev–Trinajstić information content (AvgIpc) is 2.12. The lowest BCUT2D eigenvalue weighted by molar-refractivity contribution is -0.121. The van der Waals surface area contributed by atoms with E-state index in [0.29, 0.717) is 18.2 Å². The third-order valence-electron chi connectivity index (χ3n) is 2.01. The Kier molecular flexibility index (Phi) is 8.21. The van der Waals surface area contributed by atoms with Gasteiger partial charge in [-0.2, -0.15) is 0 Å². The Balaban J connectivity index is 3.34. The van der Waals surface area contributed by atoms with Crippen molar-refractivity contribution >= 4 is 17.5 Å². The molecule has 0 aliphatic heterocycles. The SMILES string of the molecule is CCCCC(=O)NCC(C)CCCl. The van der Waals surface area contributed by atoms with Crippen LogP contribution in [0.1, 0.15) is 39.5 Å². The minimum atomic E-state index is 0.170. The van der Waals surface area contributed by atoms with Crippen molar-refractivity contribution in [2.24, 2.45) is 5.92 Å². The molecule has 1 unspecified atom stereocenters. The van der Waals surface area contributed by atoms with Gasteiger partial charge in [0.05, 0.1) is 0 Å². The van der Waals surface area contributed by atoms with Gasteiger partial charge >= 0.3 is 0 Å². The van der Waals surface area contributed by atoms with Crippen LogP contribution in [0.25, 0.3) is 0 Å². The van der Waals surface area contributed by atoms with E-state index in [2.05, 4.69) is 19.2 Å². The molecule has 0 saturated carbocycles. The molecule has 0 aliphatic rings. The number of hydrogen-bond donors (Lipinski definition) is 1. The second kappa shape index (κ2) is 8.36. The number of amides is 1. The lowest BCUT2D eigenvalue weighted by atomic mass is 10.1. The molecule has 0 aromatic rings. The molecular weight excluding hydrogens is 186 g/mol. The van der Waals surface area contributed by atoms with Crippen LogP contribution < -0.4 is 5.32 Å². The first kappa shape index (κ1) is 12.8. The summed E-state index contributed by atoms with van der Waals surface area (Å²) in [5.41, 5.74) is 0. The van der Waals surface area contributed by atoms with Crippen LogP contribution in [0, 0.1) is 5.92 Å². The second-order valence-electron chi connectivity index (χ2n) is 3.49. The lowest BCUT2D eigenvalue weighted by Gasteiger charge is -2.10. The van der Waals surface area contributed by atoms with Crippen molar-refractivity contribution < 1.29 is 4.79 Å². The zero-order valence-electron chi connectivity index (χ0n) is 8.61. The first-order valence-corrected chi connectivity index (χ1v) is 5.56. The Morgan fingerprint density at radius 2 is 2.23 bits per heavy atom. The molecule has 2 nitrogen and oxygen atoms in total. The summed E-state index contributed by atoms with van der Waals surface area (Å²) in [5.74, 6) is 1.33. The number of carbonyl (C=O) groups excluding carboxylic acids is 1. The molecule has 0 radical (unpaired) electrons. The van der Waals surface area contributed by atoms with Gasteiger partial charge in [-0.3, -0.25) is 4.79 Å². The largest absolute Gasteiger partial charge is 0.356 e. The lowest BCUT2D eigenvalue weighted by Crippen LogP contribution is -2.28. The molecule has 0 saturated heterocycles. The smallest absolute Gasteiger partial charge is 0.220 e. The normalized spacial score (nSPS) is 12.5. The van der Waals surface area contributed by atoms with Gasteiger partial charge in [-0.1, -0.05) is 20.3 Å². The number of unbranched alkanes of at least 4 members (excludes halogenated alkanes) is 1. The fraction of sp³-hybridized carbons (Fsp3) is 0.900. The summed E-state index contributed by atoms with van der Waals surface area (Å²) >= 11 is 5.58. The summed E-state index contributed by atoms with van der Waals surface area (Å²) in [6.45, 7) is 4.95. The average molecular weight is 206 g/mol. The highest BCUT2D eigenvalue weighted by Crippen LogP contribution is 2.01. The molecule has 0 rings (SSSR count). The molecule has 13 heavy (non-hydrogen) atoms. The van der Waals surface area contributed by atoms with Crippen molar-refractivity contribution in [3.63, 3.8) is 0 Å². The number of alkyl halides is 1. The summed E-state index contributed by atoms with van der Waals surface area (Å²) in [6, 6.07) is 0. The van der Waals surface area contributed by atoms with E-state index in [9.17, 15) is 4.79 Å². The molecule has 0 spiro atoms. The van der Waals surface area contributed by atoms with Crippen molar-refractivity contribution in [1.82, 2.24) is 5.32 Å². The van der Waals surface area contributed by atoms with Gasteiger partial charge in [0.25, 0.3) is 0 Å². The van der Waals surface area contributed by atoms with E-state index in [4.69, 9.17) is 11.6 Å². The maximum atomic E-state index is 11.2. The van der Waals surface area contributed by atoms with Crippen molar-refractivity contribution in [2.45, 2.75) is 39.5 Å². The van der Waals surface area contributed by atoms with Crippen molar-refractivity contribution in [2.75, 3.05) is 12.4 Å². The van der Waals surface area contributed by atoms with Gasteiger partial charge in [0.2, 0.25) is 5.91 Å². The van der Waals surface area contributed by atoms with Crippen molar-refractivity contribution in [3.05, 3.63) is 0 Å². The van der Waals surface area contributed by atoms with Gasteiger partial charge in [-0.15, -0.1) is 11.6 Å². The molecule has 0 aromatic carbocycles. The highest BCUT2D eigenvalue weighted by Gasteiger charge is 2.03. The number of halogens is 1. The molecule has 0 fully saturated rings. The molecule has 0 aromatic heterocycles. The first-order valence-electron chi connectivity index (χ1n) is 5.03. The van der Waals surface area contributed by atoms with Crippen LogP contribution in [-0.2, 0) is 4.79 Å². The Hall–Kier alpha value is -0.240. The maximum absolute atomic E-state index is 11.2. The number of rotatable bonds is 7. The fourth-order valence-corrected chi connectivity index (χ4v) is 1.37. The highest BCUT2D eigenvalue weighted by atomic mass is 35.5. The predicted octanol–water partition coefficient (Wildman–Crippen LogP) is 2.56. The van der Waals surface area contributed by atoms with E-state index in [-0.39, 0.29) is 5.91 Å². The standard InChI is InChI=1S/C10H20ClNO/c1-3-4-5-10(13)12-8-9(2)6-7-11/h9H,3-8H2,1-2H3,(H,12,13). The molecular formula is C10H20ClNO. The van der Waals surface area contributed by atoms with E-state index in [1.54, 1.807) is 0 Å². The van der Waals surface area contributed by atoms with Gasteiger partial charge in [-0.05, 0) is 18.8 Å². The Morgan fingerprint density at radius 3 is 2.77 bits per heavy atom. The summed E-state index contributed by atoms with van der Waals surface area (Å²) in [5, 5.41) is 2.90. The van der Waals surface area contributed by atoms with Crippen LogP contribution >= 0.6 is 11.6 Å². The number of hydrogen-bond acceptors (Lipinski definition) is 1. The third-order valence-corrected chi connectivity index (χ3v) is 2.23. The van der Waals surface area contributed by atoms with Gasteiger partial charge in [0.1, 0.15) is 0 Å². The molecule has 78 valence electrons. The van der Waals surface area contributed by atoms with Gasteiger partial charge in [0.15, 0.2) is 0 Å². The number of carbonyl (C=O) groups is 1. The molecule has 0 heterocycles. The molecule has 0 aliphatic carbocycles. The minimum Gasteiger partial charge on any atom is -0.356 e. The summed E-state index contributed by atoms with van der Waals surface area (Å²) in [7, 11) is 0. The van der Waals surface area contributed by atoms with E-state index in [1.165, 1.54) is 0 Å². The zero-order valence-corrected chi connectivity index (χ0v) is 9.36. The van der Waals surface area contributed by atoms with E-state index < -0.39 is 0 Å². The summed E-state index contributed by atoms with van der Waals surface area (Å²) in [4.78, 5) is 11.2. The van der Waals surface area contributed by atoms with Gasteiger partial charge < -0.3 is 5.32 Å². The third kappa shape index (κ3) is 8.10. The summed E-state index contributed by atoms with van der Waals surface area (Å²) in [6.07, 6.45) is 3.68. The first-order chi connectivity index (χ1) is 6.20. The maximum Gasteiger partial charge on any atom is 0.220 e. The van der Waals surface area contributed by atoms with Crippen LogP contribution in [0.3, 0.4) is 0 Å². The fourth-order valence-electron chi connectivity index (χ4n) is 1.00. The van der Waals surface area contributed by atoms with Crippen molar-refractivity contribution in [1.29, 1.82) is 0 Å². The second-order valence-corrected chi connectivity index (χ2v) is 3.87. The Labute approximate surface area is 86.0 Å². The van der Waals surface area contributed by atoms with E-state index >= 15 is 0 Å². The minimum absolute atomic E-state index is 0.170. The van der Waals surface area contributed by atoms with Crippen LogP contribution in [0.15, 0.2) is 0 Å². The highest BCUT2D eigenvalue weighted by molar-refractivity contribution is 6.17. The van der Waals surface area contributed by atoms with Gasteiger partial charge in [0, 0.05) is 18.8 Å². The topological polar surface area (TPSA) is 29.1 Å². The molecule has 3 heteroatoms. The van der Waals surface area contributed by atoms with Crippen LogP contribution in [0.2, 0.25) is 0 Å². The van der Waals surface area contributed by atoms with E-state index in [1.807, 2.05) is 0 Å². The quantitative estimate of drug-likeness (QED) is 0.636. The van der Waals surface area contributed by atoms with Crippen LogP contribution in [0.5, 0.6) is 0 Å². The molecule has 1 N–H and O–H groups in total. The zero-order chi connectivity index (χ0) is 10.1. The Bertz CT molecular complexity index is 139. The van der Waals surface area contributed by atoms with Crippen molar-refractivity contribution in [3.8, 4) is 0 Å². The number of nitrogens with one attached hydrogen (secondary N) is 1. The Morgan fingerprint density at radius 1 is 1.54 bits per heavy atom. The van der Waals surface area contributed by atoms with Crippen LogP contribution in [-0.4, -0.2) is 18.3 Å². The van der Waals surface area contributed by atoms with Gasteiger partial charge in [-0.25, -0.2) is 0 Å². The molecule has 0 bridgehead atoms.